The highest BCUT2D eigenvalue weighted by Crippen LogP contribution is 2.20. The van der Waals surface area contributed by atoms with Crippen molar-refractivity contribution in [2.45, 2.75) is 6.92 Å². The highest BCUT2D eigenvalue weighted by molar-refractivity contribution is 5.87. The smallest absolute Gasteiger partial charge is 0.413 e. The molecule has 6 heteroatoms. The number of carbonyl (C=O) groups is 1. The molecule has 0 aliphatic carbocycles. The van der Waals surface area contributed by atoms with E-state index in [0.717, 1.165) is 11.4 Å². The fraction of sp³-hybridized carbons (Fsp3) is 0.188. The summed E-state index contributed by atoms with van der Waals surface area (Å²) in [6, 6.07) is 12.7. The zero-order valence-electron chi connectivity index (χ0n) is 12.4. The Morgan fingerprint density at radius 3 is 2.59 bits per heavy atom. The van der Waals surface area contributed by atoms with E-state index in [1.54, 1.807) is 26.1 Å². The maximum absolute atomic E-state index is 11.6. The maximum atomic E-state index is 11.6. The zero-order valence-corrected chi connectivity index (χ0v) is 12.4. The number of aromatic nitrogens is 1. The van der Waals surface area contributed by atoms with E-state index in [0.29, 0.717) is 18.0 Å². The first-order chi connectivity index (χ1) is 10.6. The Balaban J connectivity index is 2.05. The van der Waals surface area contributed by atoms with Crippen LogP contribution in [-0.2, 0) is 4.74 Å². The van der Waals surface area contributed by atoms with E-state index in [4.69, 9.17) is 10.00 Å². The van der Waals surface area contributed by atoms with Crippen molar-refractivity contribution < 1.29 is 9.53 Å². The van der Waals surface area contributed by atoms with E-state index >= 15 is 0 Å². The van der Waals surface area contributed by atoms with Gasteiger partial charge in [-0.2, -0.15) is 5.26 Å². The first-order valence-electron chi connectivity index (χ1n) is 6.77. The van der Waals surface area contributed by atoms with Crippen molar-refractivity contribution in [3.8, 4) is 6.07 Å². The summed E-state index contributed by atoms with van der Waals surface area (Å²) < 4.78 is 4.94. The highest BCUT2D eigenvalue weighted by Gasteiger charge is 2.11. The van der Waals surface area contributed by atoms with Crippen LogP contribution in [0.4, 0.5) is 22.0 Å². The summed E-state index contributed by atoms with van der Waals surface area (Å²) in [4.78, 5) is 17.2. The van der Waals surface area contributed by atoms with Crippen LogP contribution in [0.1, 0.15) is 12.5 Å². The van der Waals surface area contributed by atoms with Crippen LogP contribution < -0.4 is 10.2 Å². The third-order valence-electron chi connectivity index (χ3n) is 2.96. The minimum absolute atomic E-state index is 0.340. The monoisotopic (exact) mass is 296 g/mol. The van der Waals surface area contributed by atoms with Gasteiger partial charge in [0, 0.05) is 24.6 Å². The van der Waals surface area contributed by atoms with Crippen molar-refractivity contribution in [3.63, 3.8) is 0 Å². The lowest BCUT2D eigenvalue weighted by molar-refractivity contribution is 0.161. The molecule has 0 unspecified atom stereocenters. The first kappa shape index (κ1) is 15.3. The number of anilines is 3. The van der Waals surface area contributed by atoms with Gasteiger partial charge in [0.25, 0.3) is 0 Å². The largest absolute Gasteiger partial charge is 0.449 e. The van der Waals surface area contributed by atoms with E-state index in [1.165, 1.54) is 11.1 Å². The molecule has 1 heterocycles. The average molecular weight is 296 g/mol. The van der Waals surface area contributed by atoms with Crippen molar-refractivity contribution >= 4 is 23.3 Å². The van der Waals surface area contributed by atoms with Gasteiger partial charge in [0.05, 0.1) is 12.2 Å². The minimum atomic E-state index is -0.392. The van der Waals surface area contributed by atoms with Gasteiger partial charge in [-0.1, -0.05) is 0 Å². The summed E-state index contributed by atoms with van der Waals surface area (Å²) in [6.07, 6.45) is 1.11. The van der Waals surface area contributed by atoms with E-state index in [2.05, 4.69) is 10.3 Å². The lowest BCUT2D eigenvalue weighted by Crippen LogP contribution is -2.26. The molecule has 2 aromatic rings. The summed E-state index contributed by atoms with van der Waals surface area (Å²) >= 11 is 0. The van der Waals surface area contributed by atoms with Gasteiger partial charge in [-0.15, -0.1) is 0 Å². The molecule has 1 aromatic carbocycles. The topological polar surface area (TPSA) is 78.2 Å². The van der Waals surface area contributed by atoms with Crippen molar-refractivity contribution in [1.82, 2.24) is 4.98 Å². The van der Waals surface area contributed by atoms with Gasteiger partial charge in [-0.3, -0.25) is 4.90 Å². The van der Waals surface area contributed by atoms with E-state index < -0.39 is 6.09 Å². The third kappa shape index (κ3) is 3.73. The van der Waals surface area contributed by atoms with E-state index in [9.17, 15) is 4.79 Å². The molecule has 1 N–H and O–H groups in total. The van der Waals surface area contributed by atoms with Gasteiger partial charge in [-0.05, 0) is 43.3 Å². The number of nitriles is 1. The Morgan fingerprint density at radius 2 is 2.05 bits per heavy atom. The molecule has 6 nitrogen and oxygen atoms in total. The molecule has 0 radical (unpaired) electrons. The quantitative estimate of drug-likeness (QED) is 0.936. The molecule has 0 bridgehead atoms. The molecule has 0 saturated carbocycles. The van der Waals surface area contributed by atoms with Crippen LogP contribution in [0.3, 0.4) is 0 Å². The second kappa shape index (κ2) is 7.09. The molecular weight excluding hydrogens is 280 g/mol. The lowest BCUT2D eigenvalue weighted by atomic mass is 10.2. The number of rotatable bonds is 4. The fourth-order valence-electron chi connectivity index (χ4n) is 1.78. The van der Waals surface area contributed by atoms with Crippen molar-refractivity contribution in [2.24, 2.45) is 0 Å². The van der Waals surface area contributed by atoms with Gasteiger partial charge in [0.15, 0.2) is 0 Å². The number of carbonyl (C=O) groups excluding carboxylic acids is 1. The Kier molecular flexibility index (Phi) is 4.94. The number of benzene rings is 1. The van der Waals surface area contributed by atoms with Crippen LogP contribution in [0.5, 0.6) is 0 Å². The second-order valence-corrected chi connectivity index (χ2v) is 4.47. The normalized spacial score (nSPS) is 9.68. The van der Waals surface area contributed by atoms with Crippen molar-refractivity contribution in [2.75, 3.05) is 23.9 Å². The molecular formula is C16H16N4O2. The molecule has 0 saturated heterocycles. The number of hydrogen-bond donors (Lipinski definition) is 1. The summed E-state index contributed by atoms with van der Waals surface area (Å²) in [6.45, 7) is 2.11. The first-order valence-corrected chi connectivity index (χ1v) is 6.77. The number of hydrogen-bond acceptors (Lipinski definition) is 5. The summed E-state index contributed by atoms with van der Waals surface area (Å²) in [5.41, 5.74) is 2.08. The zero-order chi connectivity index (χ0) is 15.9. The molecule has 0 spiro atoms. The van der Waals surface area contributed by atoms with Crippen LogP contribution in [0.15, 0.2) is 42.6 Å². The molecule has 22 heavy (non-hydrogen) atoms. The minimum Gasteiger partial charge on any atom is -0.449 e. The van der Waals surface area contributed by atoms with Gasteiger partial charge >= 0.3 is 6.09 Å². The fourth-order valence-corrected chi connectivity index (χ4v) is 1.78. The van der Waals surface area contributed by atoms with E-state index in [-0.39, 0.29) is 0 Å². The average Bonchev–Trinajstić information content (AvgIpc) is 2.56. The van der Waals surface area contributed by atoms with Gasteiger partial charge < -0.3 is 10.1 Å². The maximum Gasteiger partial charge on any atom is 0.413 e. The second-order valence-electron chi connectivity index (χ2n) is 4.47. The van der Waals surface area contributed by atoms with Crippen LogP contribution in [0.25, 0.3) is 0 Å². The molecule has 2 rings (SSSR count). The molecule has 1 aromatic heterocycles. The number of pyridine rings is 1. The van der Waals surface area contributed by atoms with Crippen molar-refractivity contribution in [1.29, 1.82) is 5.26 Å². The van der Waals surface area contributed by atoms with Crippen molar-refractivity contribution in [3.05, 3.63) is 48.2 Å². The Labute approximate surface area is 129 Å². The predicted octanol–water partition coefficient (Wildman–Crippen LogP) is 3.29. The molecule has 0 atom stereocenters. The molecule has 0 aliphatic rings. The van der Waals surface area contributed by atoms with Gasteiger partial charge in [0.1, 0.15) is 11.9 Å². The highest BCUT2D eigenvalue weighted by atomic mass is 16.6. The molecule has 0 aliphatic heterocycles. The van der Waals surface area contributed by atoms with Crippen LogP contribution in [-0.4, -0.2) is 24.7 Å². The van der Waals surface area contributed by atoms with Crippen LogP contribution in [0, 0.1) is 11.3 Å². The van der Waals surface area contributed by atoms with Crippen LogP contribution >= 0.6 is 0 Å². The van der Waals surface area contributed by atoms with E-state index in [1.807, 2.05) is 30.3 Å². The number of nitrogens with one attached hydrogen (secondary N) is 1. The predicted molar refractivity (Wildman–Crippen MR) is 84.1 cm³/mol. The molecule has 1 amide bonds. The Hall–Kier alpha value is -3.07. The third-order valence-corrected chi connectivity index (χ3v) is 2.96. The van der Waals surface area contributed by atoms with Gasteiger partial charge in [-0.25, -0.2) is 9.78 Å². The Bertz CT molecular complexity index is 675. The number of ether oxygens (including phenoxy) is 1. The Morgan fingerprint density at radius 1 is 1.32 bits per heavy atom. The van der Waals surface area contributed by atoms with Crippen LogP contribution in [0.2, 0.25) is 0 Å². The summed E-state index contributed by atoms with van der Waals surface area (Å²) in [5.74, 6) is 0.644. The SMILES string of the molecule is CCOC(=O)N(C)c1ccc(Nc2ccc(C#N)cn2)cc1. The number of nitrogens with zero attached hydrogens (tertiary/aromatic N) is 3. The van der Waals surface area contributed by atoms with Gasteiger partial charge in [0.2, 0.25) is 0 Å². The standard InChI is InChI=1S/C16H16N4O2/c1-3-22-16(21)20(2)14-7-5-13(6-8-14)19-15-9-4-12(10-17)11-18-15/h4-9,11H,3H2,1-2H3,(H,18,19). The number of amides is 1. The molecule has 0 fully saturated rings. The molecule has 112 valence electrons. The lowest BCUT2D eigenvalue weighted by Gasteiger charge is -2.17. The summed E-state index contributed by atoms with van der Waals surface area (Å²) in [7, 11) is 1.66. The summed E-state index contributed by atoms with van der Waals surface area (Å²) in [5, 5.41) is 11.9.